The van der Waals surface area contributed by atoms with Gasteiger partial charge in [-0.3, -0.25) is 9.89 Å². The van der Waals surface area contributed by atoms with Crippen molar-refractivity contribution in [3.8, 4) is 0 Å². The number of likely N-dealkylation sites (tertiary alicyclic amines) is 1. The van der Waals surface area contributed by atoms with Gasteiger partial charge in [0, 0.05) is 24.7 Å². The number of benzene rings is 1. The Hall–Kier alpha value is -2.17. The molecule has 0 saturated carbocycles. The number of carbonyl (C=O) groups is 1. The monoisotopic (exact) mass is 343 g/mol. The van der Waals surface area contributed by atoms with Crippen LogP contribution in [0.4, 0.5) is 4.39 Å². The maximum Gasteiger partial charge on any atom is 0.223 e. The average Bonchev–Trinajstić information content (AvgIpc) is 3.14. The molecule has 0 unspecified atom stereocenters. The summed E-state index contributed by atoms with van der Waals surface area (Å²) < 4.78 is 13.4. The van der Waals surface area contributed by atoms with E-state index in [1.54, 1.807) is 12.1 Å². The topological polar surface area (TPSA) is 49.0 Å². The van der Waals surface area contributed by atoms with Gasteiger partial charge in [0.2, 0.25) is 5.91 Å². The van der Waals surface area contributed by atoms with E-state index >= 15 is 0 Å². The van der Waals surface area contributed by atoms with Crippen LogP contribution in [0.5, 0.6) is 0 Å². The van der Waals surface area contributed by atoms with E-state index in [4.69, 9.17) is 0 Å². The number of aryl methyl sites for hydroxylation is 2. The summed E-state index contributed by atoms with van der Waals surface area (Å²) in [5, 5.41) is 7.23. The molecule has 0 spiro atoms. The minimum atomic E-state index is -0.215. The van der Waals surface area contributed by atoms with Gasteiger partial charge in [-0.25, -0.2) is 4.39 Å². The number of hydrogen-bond donors (Lipinski definition) is 1. The Morgan fingerprint density at radius 2 is 2.24 bits per heavy atom. The van der Waals surface area contributed by atoms with Crippen LogP contribution in [-0.2, 0) is 11.2 Å². The summed E-state index contributed by atoms with van der Waals surface area (Å²) in [5.41, 5.74) is 4.11. The average molecular weight is 343 g/mol. The van der Waals surface area contributed by atoms with Gasteiger partial charge in [0.1, 0.15) is 5.82 Å². The SMILES string of the molecule is Cc1n[nH]c(C)c1[C@H](C)CC(=O)N1CCC[C@@H]1Cc1cccc(F)c1. The van der Waals surface area contributed by atoms with Crippen LogP contribution >= 0.6 is 0 Å². The third-order valence-corrected chi connectivity index (χ3v) is 5.22. The molecule has 1 N–H and O–H groups in total. The minimum absolute atomic E-state index is 0.140. The molecule has 1 amide bonds. The van der Waals surface area contributed by atoms with E-state index in [0.717, 1.165) is 48.3 Å². The number of halogens is 1. The van der Waals surface area contributed by atoms with Crippen LogP contribution in [0, 0.1) is 19.7 Å². The van der Waals surface area contributed by atoms with Crippen molar-refractivity contribution in [3.05, 3.63) is 52.6 Å². The molecule has 2 aromatic rings. The number of nitrogens with one attached hydrogen (secondary N) is 1. The van der Waals surface area contributed by atoms with E-state index in [0.29, 0.717) is 6.42 Å². The Bertz CT molecular complexity index is 736. The Morgan fingerprint density at radius 1 is 1.44 bits per heavy atom. The molecule has 0 bridgehead atoms. The molecule has 25 heavy (non-hydrogen) atoms. The van der Waals surface area contributed by atoms with Crippen LogP contribution in [-0.4, -0.2) is 33.6 Å². The molecule has 1 aliphatic heterocycles. The van der Waals surface area contributed by atoms with E-state index in [9.17, 15) is 9.18 Å². The summed E-state index contributed by atoms with van der Waals surface area (Å²) >= 11 is 0. The first kappa shape index (κ1) is 17.6. The molecule has 2 atom stereocenters. The van der Waals surface area contributed by atoms with Crippen molar-refractivity contribution < 1.29 is 9.18 Å². The smallest absolute Gasteiger partial charge is 0.223 e. The summed E-state index contributed by atoms with van der Waals surface area (Å²) in [7, 11) is 0. The highest BCUT2D eigenvalue weighted by Gasteiger charge is 2.30. The van der Waals surface area contributed by atoms with Crippen molar-refractivity contribution in [2.24, 2.45) is 0 Å². The Morgan fingerprint density at radius 3 is 2.92 bits per heavy atom. The lowest BCUT2D eigenvalue weighted by atomic mass is 9.95. The largest absolute Gasteiger partial charge is 0.339 e. The molecule has 1 aliphatic rings. The van der Waals surface area contributed by atoms with Crippen molar-refractivity contribution in [2.45, 2.75) is 58.4 Å². The van der Waals surface area contributed by atoms with Crippen LogP contribution in [0.15, 0.2) is 24.3 Å². The number of H-pyrrole nitrogens is 1. The third kappa shape index (κ3) is 3.91. The summed E-state index contributed by atoms with van der Waals surface area (Å²) in [6.07, 6.45) is 3.22. The highest BCUT2D eigenvalue weighted by Crippen LogP contribution is 2.28. The summed E-state index contributed by atoms with van der Waals surface area (Å²) in [5.74, 6) is 0.112. The number of carbonyl (C=O) groups excluding carboxylic acids is 1. The number of aromatic nitrogens is 2. The van der Waals surface area contributed by atoms with E-state index < -0.39 is 0 Å². The van der Waals surface area contributed by atoms with Gasteiger partial charge in [0.15, 0.2) is 0 Å². The highest BCUT2D eigenvalue weighted by molar-refractivity contribution is 5.78. The normalized spacial score (nSPS) is 18.6. The van der Waals surface area contributed by atoms with Gasteiger partial charge in [-0.05, 0) is 62.3 Å². The molecule has 1 fully saturated rings. The minimum Gasteiger partial charge on any atom is -0.339 e. The van der Waals surface area contributed by atoms with Crippen molar-refractivity contribution >= 4 is 5.91 Å². The van der Waals surface area contributed by atoms with Crippen LogP contribution in [0.2, 0.25) is 0 Å². The van der Waals surface area contributed by atoms with E-state index in [2.05, 4.69) is 17.1 Å². The van der Waals surface area contributed by atoms with E-state index in [-0.39, 0.29) is 23.7 Å². The third-order valence-electron chi connectivity index (χ3n) is 5.22. The van der Waals surface area contributed by atoms with Crippen molar-refractivity contribution in [3.63, 3.8) is 0 Å². The first-order valence-corrected chi connectivity index (χ1v) is 9.01. The molecule has 0 aliphatic carbocycles. The lowest BCUT2D eigenvalue weighted by Gasteiger charge is -2.26. The number of amides is 1. The Labute approximate surface area is 148 Å². The Kier molecular flexibility index (Phi) is 5.21. The van der Waals surface area contributed by atoms with Gasteiger partial charge in [0.05, 0.1) is 5.69 Å². The first-order valence-electron chi connectivity index (χ1n) is 9.01. The number of aromatic amines is 1. The first-order chi connectivity index (χ1) is 12.0. The fraction of sp³-hybridized carbons (Fsp3) is 0.500. The molecule has 2 heterocycles. The van der Waals surface area contributed by atoms with Gasteiger partial charge >= 0.3 is 0 Å². The molecule has 4 nitrogen and oxygen atoms in total. The van der Waals surface area contributed by atoms with Gasteiger partial charge in [0.25, 0.3) is 0 Å². The van der Waals surface area contributed by atoms with Crippen molar-refractivity contribution in [1.82, 2.24) is 15.1 Å². The fourth-order valence-electron chi connectivity index (χ4n) is 4.08. The zero-order valence-electron chi connectivity index (χ0n) is 15.2. The molecular weight excluding hydrogens is 317 g/mol. The van der Waals surface area contributed by atoms with Gasteiger partial charge in [-0.2, -0.15) is 5.10 Å². The predicted octanol–water partition coefficient (Wildman–Crippen LogP) is 3.89. The quantitative estimate of drug-likeness (QED) is 0.895. The summed E-state index contributed by atoms with van der Waals surface area (Å²) in [4.78, 5) is 14.9. The van der Waals surface area contributed by atoms with Gasteiger partial charge < -0.3 is 4.90 Å². The summed E-state index contributed by atoms with van der Waals surface area (Å²) in [6, 6.07) is 6.87. The molecule has 1 aromatic heterocycles. The molecule has 1 saturated heterocycles. The van der Waals surface area contributed by atoms with Crippen molar-refractivity contribution in [2.75, 3.05) is 6.54 Å². The lowest BCUT2D eigenvalue weighted by molar-refractivity contribution is -0.132. The predicted molar refractivity (Wildman–Crippen MR) is 95.9 cm³/mol. The second kappa shape index (κ2) is 7.38. The second-order valence-corrected chi connectivity index (χ2v) is 7.17. The maximum absolute atomic E-state index is 13.4. The lowest BCUT2D eigenvalue weighted by Crippen LogP contribution is -2.37. The highest BCUT2D eigenvalue weighted by atomic mass is 19.1. The molecule has 0 radical (unpaired) electrons. The van der Waals surface area contributed by atoms with Crippen LogP contribution in [0.25, 0.3) is 0 Å². The van der Waals surface area contributed by atoms with Gasteiger partial charge in [-0.1, -0.05) is 19.1 Å². The van der Waals surface area contributed by atoms with Crippen LogP contribution in [0.3, 0.4) is 0 Å². The summed E-state index contributed by atoms with van der Waals surface area (Å²) in [6.45, 7) is 6.86. The standard InChI is InChI=1S/C20H26FN3O/c1-13(20-14(2)22-23-15(20)3)10-19(25)24-9-5-8-18(24)12-16-6-4-7-17(21)11-16/h4,6-7,11,13,18H,5,8-10,12H2,1-3H3,(H,22,23)/t13-,18-/m1/s1. The van der Waals surface area contributed by atoms with Crippen LogP contribution < -0.4 is 0 Å². The van der Waals surface area contributed by atoms with Gasteiger partial charge in [-0.15, -0.1) is 0 Å². The molecule has 134 valence electrons. The zero-order chi connectivity index (χ0) is 18.0. The maximum atomic E-state index is 13.4. The number of hydrogen-bond acceptors (Lipinski definition) is 2. The van der Waals surface area contributed by atoms with Crippen molar-refractivity contribution in [1.29, 1.82) is 0 Å². The van der Waals surface area contributed by atoms with Crippen LogP contribution in [0.1, 0.15) is 54.6 Å². The molecule has 3 rings (SSSR count). The van der Waals surface area contributed by atoms with E-state index in [1.807, 2.05) is 24.8 Å². The zero-order valence-corrected chi connectivity index (χ0v) is 15.2. The molecule has 5 heteroatoms. The second-order valence-electron chi connectivity index (χ2n) is 7.17. The molecule has 1 aromatic carbocycles. The Balaban J connectivity index is 1.66. The molecular formula is C20H26FN3O. The van der Waals surface area contributed by atoms with E-state index in [1.165, 1.54) is 6.07 Å². The number of rotatable bonds is 5. The number of nitrogens with zero attached hydrogens (tertiary/aromatic N) is 2. The fourth-order valence-corrected chi connectivity index (χ4v) is 4.08.